The molecule has 1 saturated carbocycles. The second-order valence-electron chi connectivity index (χ2n) is 5.09. The highest BCUT2D eigenvalue weighted by Gasteiger charge is 2.21. The minimum atomic E-state index is -0.452. The summed E-state index contributed by atoms with van der Waals surface area (Å²) in [5.41, 5.74) is 0. The Morgan fingerprint density at radius 3 is 2.95 bits per heavy atom. The van der Waals surface area contributed by atoms with Gasteiger partial charge in [-0.25, -0.2) is 4.79 Å². The number of hydrogen-bond donors (Lipinski definition) is 0. The van der Waals surface area contributed by atoms with Crippen molar-refractivity contribution in [1.29, 1.82) is 0 Å². The summed E-state index contributed by atoms with van der Waals surface area (Å²) < 4.78 is 16.9. The third-order valence-electron chi connectivity index (χ3n) is 3.58. The van der Waals surface area contributed by atoms with E-state index in [1.165, 1.54) is 31.1 Å². The van der Waals surface area contributed by atoms with Gasteiger partial charge in [-0.05, 0) is 18.8 Å². The molecule has 0 aliphatic heterocycles. The largest absolute Gasteiger partial charge is 0.437 e. The predicted octanol–water partition coefficient (Wildman–Crippen LogP) is 1.58. The third-order valence-corrected chi connectivity index (χ3v) is 3.58. The zero-order valence-electron chi connectivity index (χ0n) is 11.6. The van der Waals surface area contributed by atoms with E-state index in [0.717, 1.165) is 6.42 Å². The topological polar surface area (TPSA) is 66.5 Å². The molecule has 2 atom stereocenters. The first-order valence-electron chi connectivity index (χ1n) is 6.88. The van der Waals surface area contributed by atoms with Crippen molar-refractivity contribution in [3.8, 4) is 0 Å². The molecule has 0 bridgehead atoms. The molecule has 2 rings (SSSR count). The number of ether oxygens (including phenoxy) is 2. The molecule has 1 aromatic heterocycles. The maximum atomic E-state index is 11.5. The van der Waals surface area contributed by atoms with Crippen molar-refractivity contribution in [2.45, 2.75) is 51.9 Å². The van der Waals surface area contributed by atoms with Crippen LogP contribution < -0.4 is 5.76 Å². The van der Waals surface area contributed by atoms with E-state index in [9.17, 15) is 4.79 Å². The molecule has 0 N–H and O–H groups in total. The molecule has 0 spiro atoms. The highest BCUT2D eigenvalue weighted by molar-refractivity contribution is 4.73. The van der Waals surface area contributed by atoms with Gasteiger partial charge < -0.3 is 13.9 Å². The van der Waals surface area contributed by atoms with Gasteiger partial charge in [0, 0.05) is 7.11 Å². The van der Waals surface area contributed by atoms with E-state index in [1.807, 2.05) is 0 Å². The van der Waals surface area contributed by atoms with Crippen LogP contribution in [0.15, 0.2) is 9.21 Å². The smallest absolute Gasteiger partial charge is 0.390 e. The minimum Gasteiger partial charge on any atom is -0.390 e. The van der Waals surface area contributed by atoms with Crippen LogP contribution in [0.4, 0.5) is 0 Å². The Labute approximate surface area is 112 Å². The van der Waals surface area contributed by atoms with Crippen molar-refractivity contribution in [3.05, 3.63) is 16.4 Å². The molecule has 6 nitrogen and oxygen atoms in total. The Balaban J connectivity index is 1.80. The van der Waals surface area contributed by atoms with Gasteiger partial charge in [-0.15, -0.1) is 5.10 Å². The summed E-state index contributed by atoms with van der Waals surface area (Å²) in [7, 11) is 1.53. The normalized spacial score (nSPS) is 23.7. The molecule has 19 heavy (non-hydrogen) atoms. The lowest BCUT2D eigenvalue weighted by atomic mass is 9.88. The number of methoxy groups -OCH3 is 1. The van der Waals surface area contributed by atoms with E-state index in [0.29, 0.717) is 31.1 Å². The molecule has 1 aliphatic rings. The van der Waals surface area contributed by atoms with E-state index in [1.54, 1.807) is 0 Å². The molecule has 1 aromatic rings. The fourth-order valence-electron chi connectivity index (χ4n) is 2.49. The van der Waals surface area contributed by atoms with Gasteiger partial charge in [0.1, 0.15) is 6.61 Å². The molecular weight excluding hydrogens is 248 g/mol. The Morgan fingerprint density at radius 2 is 2.21 bits per heavy atom. The van der Waals surface area contributed by atoms with Gasteiger partial charge in [0.2, 0.25) is 5.89 Å². The first kappa shape index (κ1) is 14.3. The van der Waals surface area contributed by atoms with Crippen molar-refractivity contribution in [1.82, 2.24) is 9.78 Å². The van der Waals surface area contributed by atoms with Crippen molar-refractivity contribution in [2.75, 3.05) is 13.7 Å². The monoisotopic (exact) mass is 270 g/mol. The average molecular weight is 270 g/mol. The van der Waals surface area contributed by atoms with Crippen LogP contribution >= 0.6 is 0 Å². The van der Waals surface area contributed by atoms with Crippen LogP contribution in [0.2, 0.25) is 0 Å². The maximum absolute atomic E-state index is 11.5. The molecule has 1 aliphatic carbocycles. The number of aromatic nitrogens is 2. The van der Waals surface area contributed by atoms with Crippen LogP contribution in [0, 0.1) is 5.92 Å². The van der Waals surface area contributed by atoms with E-state index >= 15 is 0 Å². The molecule has 0 saturated heterocycles. The van der Waals surface area contributed by atoms with Gasteiger partial charge in [0.05, 0.1) is 19.3 Å². The van der Waals surface area contributed by atoms with Crippen LogP contribution in [0.5, 0.6) is 0 Å². The predicted molar refractivity (Wildman–Crippen MR) is 68.8 cm³/mol. The van der Waals surface area contributed by atoms with Gasteiger partial charge in [-0.3, -0.25) is 0 Å². The van der Waals surface area contributed by atoms with Gasteiger partial charge >= 0.3 is 5.76 Å². The lowest BCUT2D eigenvalue weighted by Crippen LogP contribution is -2.28. The summed E-state index contributed by atoms with van der Waals surface area (Å²) in [5.74, 6) is 0.456. The molecule has 0 amide bonds. The molecule has 0 unspecified atom stereocenters. The van der Waals surface area contributed by atoms with Crippen LogP contribution in [0.1, 0.15) is 38.5 Å². The second kappa shape index (κ2) is 6.86. The third kappa shape index (κ3) is 3.91. The van der Waals surface area contributed by atoms with Crippen molar-refractivity contribution < 1.29 is 13.9 Å². The summed E-state index contributed by atoms with van der Waals surface area (Å²) in [6, 6.07) is 0. The average Bonchev–Trinajstić information content (AvgIpc) is 2.73. The highest BCUT2D eigenvalue weighted by Crippen LogP contribution is 2.26. The zero-order valence-corrected chi connectivity index (χ0v) is 11.6. The Morgan fingerprint density at radius 1 is 1.42 bits per heavy atom. The second-order valence-corrected chi connectivity index (χ2v) is 5.09. The van der Waals surface area contributed by atoms with Crippen molar-refractivity contribution in [3.63, 3.8) is 0 Å². The van der Waals surface area contributed by atoms with Gasteiger partial charge in [-0.1, -0.05) is 19.8 Å². The fourth-order valence-corrected chi connectivity index (χ4v) is 2.49. The van der Waals surface area contributed by atoms with Crippen molar-refractivity contribution in [2.24, 2.45) is 5.92 Å². The zero-order chi connectivity index (χ0) is 13.7. The summed E-state index contributed by atoms with van der Waals surface area (Å²) in [4.78, 5) is 11.5. The number of nitrogens with zero attached hydrogens (tertiary/aromatic N) is 2. The molecular formula is C13H22N2O4. The summed E-state index contributed by atoms with van der Waals surface area (Å²) >= 11 is 0. The number of rotatable bonds is 6. The van der Waals surface area contributed by atoms with E-state index in [2.05, 4.69) is 12.0 Å². The lowest BCUT2D eigenvalue weighted by Gasteiger charge is -2.28. The van der Waals surface area contributed by atoms with Crippen LogP contribution in [0.3, 0.4) is 0 Å². The maximum Gasteiger partial charge on any atom is 0.437 e. The summed E-state index contributed by atoms with van der Waals surface area (Å²) in [5, 5.41) is 4.03. The first-order chi connectivity index (χ1) is 9.20. The lowest BCUT2D eigenvalue weighted by molar-refractivity contribution is -0.00980. The van der Waals surface area contributed by atoms with E-state index in [-0.39, 0.29) is 6.61 Å². The number of hydrogen-bond acceptors (Lipinski definition) is 5. The standard InChI is InChI=1S/C13H22N2O4/c1-10-5-3-4-6-11(10)18-8-7-15-13(16)19-12(14-15)9-17-2/h10-11H,3-9H2,1-2H3/t10-,11-/m0/s1. The molecule has 0 radical (unpaired) electrons. The molecule has 0 aromatic carbocycles. The summed E-state index contributed by atoms with van der Waals surface area (Å²) in [6.07, 6.45) is 5.19. The Bertz CT molecular complexity index is 440. The SMILES string of the molecule is COCc1nn(CCO[C@H]2CCCC[C@@H]2C)c(=O)o1. The Kier molecular flexibility index (Phi) is 5.15. The van der Waals surface area contributed by atoms with E-state index in [4.69, 9.17) is 13.9 Å². The van der Waals surface area contributed by atoms with Crippen LogP contribution in [-0.4, -0.2) is 29.6 Å². The molecule has 1 fully saturated rings. The highest BCUT2D eigenvalue weighted by atomic mass is 16.5. The summed E-state index contributed by atoms with van der Waals surface area (Å²) in [6.45, 7) is 3.36. The Hall–Kier alpha value is -1.14. The minimum absolute atomic E-state index is 0.211. The van der Waals surface area contributed by atoms with Gasteiger partial charge in [0.15, 0.2) is 0 Å². The first-order valence-corrected chi connectivity index (χ1v) is 6.88. The van der Waals surface area contributed by atoms with Crippen LogP contribution in [-0.2, 0) is 22.6 Å². The quantitative estimate of drug-likeness (QED) is 0.785. The molecule has 108 valence electrons. The van der Waals surface area contributed by atoms with E-state index < -0.39 is 5.76 Å². The fraction of sp³-hybridized carbons (Fsp3) is 0.846. The van der Waals surface area contributed by atoms with Crippen molar-refractivity contribution >= 4 is 0 Å². The molecule has 1 heterocycles. The van der Waals surface area contributed by atoms with Gasteiger partial charge in [0.25, 0.3) is 0 Å². The van der Waals surface area contributed by atoms with Crippen LogP contribution in [0.25, 0.3) is 0 Å². The van der Waals surface area contributed by atoms with Gasteiger partial charge in [-0.2, -0.15) is 4.68 Å². The molecule has 6 heteroatoms.